The van der Waals surface area contributed by atoms with E-state index in [-0.39, 0.29) is 30.1 Å². The fourth-order valence-corrected chi connectivity index (χ4v) is 4.73. The minimum Gasteiger partial charge on any atom is -0.369 e. The van der Waals surface area contributed by atoms with E-state index in [1.165, 1.54) is 0 Å². The topological polar surface area (TPSA) is 84.5 Å². The maximum absolute atomic E-state index is 13.6. The van der Waals surface area contributed by atoms with Crippen LogP contribution in [0, 0.1) is 5.92 Å². The molecule has 4 aromatic carbocycles. The van der Waals surface area contributed by atoms with Crippen LogP contribution in [0.4, 0.5) is 0 Å². The van der Waals surface area contributed by atoms with Crippen molar-refractivity contribution in [2.24, 2.45) is 5.92 Å². The maximum Gasteiger partial charge on any atom is 0.251 e. The molecular weight excluding hydrogens is 512 g/mol. The van der Waals surface area contributed by atoms with Gasteiger partial charge in [-0.25, -0.2) is 0 Å². The smallest absolute Gasteiger partial charge is 0.251 e. The van der Waals surface area contributed by atoms with Gasteiger partial charge in [-0.1, -0.05) is 111 Å². The van der Waals surface area contributed by atoms with Crippen molar-refractivity contribution in [2.75, 3.05) is 6.61 Å². The average molecular weight is 551 g/mol. The van der Waals surface area contributed by atoms with Crippen molar-refractivity contribution < 1.29 is 19.1 Å². The molecular formula is C35H38N2O4. The Bertz CT molecular complexity index is 1440. The van der Waals surface area contributed by atoms with E-state index in [0.29, 0.717) is 31.4 Å². The normalized spacial score (nSPS) is 13.2. The number of carbonyl (C=O) groups is 3. The lowest BCUT2D eigenvalue weighted by atomic mass is 9.96. The van der Waals surface area contributed by atoms with Crippen LogP contribution >= 0.6 is 0 Å². The Morgan fingerprint density at radius 1 is 0.756 bits per heavy atom. The second-order valence-electron chi connectivity index (χ2n) is 10.4. The Balaban J connectivity index is 1.45. The molecule has 0 unspecified atom stereocenters. The summed E-state index contributed by atoms with van der Waals surface area (Å²) in [5, 5.41) is 7.88. The molecule has 3 atom stereocenters. The van der Waals surface area contributed by atoms with Crippen molar-refractivity contribution in [2.45, 2.75) is 51.8 Å². The molecule has 4 aromatic rings. The minimum absolute atomic E-state index is 0.119. The molecule has 2 N–H and O–H groups in total. The maximum atomic E-state index is 13.6. The standard InChI is InChI=1S/C35H38N2O4/c1-3-25(2)33(37-34(39)30-20-19-28-16-10-11-17-29(28)22-30)35(40)36-31(21-18-26-12-6-4-7-13-26)32(38)24-41-23-27-14-8-5-9-15-27/h4-17,19-20,22,25,31,33H,3,18,21,23-24H2,1-2H3,(H,36,40)(H,37,39)/t25-,31+,33+/m1/s1. The Morgan fingerprint density at radius 2 is 1.39 bits per heavy atom. The van der Waals surface area contributed by atoms with Crippen LogP contribution in [0.25, 0.3) is 10.8 Å². The van der Waals surface area contributed by atoms with E-state index < -0.39 is 12.1 Å². The molecule has 0 aliphatic rings. The minimum atomic E-state index is -0.795. The summed E-state index contributed by atoms with van der Waals surface area (Å²) in [5.74, 6) is -1.04. The molecule has 2 amide bonds. The summed E-state index contributed by atoms with van der Waals surface area (Å²) in [6.07, 6.45) is 1.72. The summed E-state index contributed by atoms with van der Waals surface area (Å²) in [5.41, 5.74) is 2.53. The van der Waals surface area contributed by atoms with Crippen LogP contribution in [0.3, 0.4) is 0 Å². The van der Waals surface area contributed by atoms with Gasteiger partial charge in [0, 0.05) is 5.56 Å². The molecule has 41 heavy (non-hydrogen) atoms. The highest BCUT2D eigenvalue weighted by molar-refractivity contribution is 6.01. The van der Waals surface area contributed by atoms with Crippen molar-refractivity contribution in [1.29, 1.82) is 0 Å². The van der Waals surface area contributed by atoms with Gasteiger partial charge in [-0.15, -0.1) is 0 Å². The number of rotatable bonds is 14. The van der Waals surface area contributed by atoms with E-state index in [1.54, 1.807) is 6.07 Å². The Kier molecular flexibility index (Phi) is 10.8. The summed E-state index contributed by atoms with van der Waals surface area (Å²) in [7, 11) is 0. The molecule has 0 fully saturated rings. The van der Waals surface area contributed by atoms with Crippen molar-refractivity contribution in [3.8, 4) is 0 Å². The van der Waals surface area contributed by atoms with Crippen molar-refractivity contribution in [3.63, 3.8) is 0 Å². The van der Waals surface area contributed by atoms with Crippen LogP contribution in [0.15, 0.2) is 103 Å². The zero-order valence-electron chi connectivity index (χ0n) is 23.7. The molecule has 0 aromatic heterocycles. The summed E-state index contributed by atoms with van der Waals surface area (Å²) in [4.78, 5) is 40.2. The first-order chi connectivity index (χ1) is 19.9. The Labute approximate surface area is 242 Å². The lowest BCUT2D eigenvalue weighted by Gasteiger charge is -2.26. The number of fused-ring (bicyclic) bond motifs is 1. The number of nitrogens with one attached hydrogen (secondary N) is 2. The van der Waals surface area contributed by atoms with Crippen LogP contribution in [0.2, 0.25) is 0 Å². The first kappa shape index (κ1) is 29.7. The van der Waals surface area contributed by atoms with Gasteiger partial charge in [0.15, 0.2) is 5.78 Å². The van der Waals surface area contributed by atoms with Gasteiger partial charge in [-0.3, -0.25) is 14.4 Å². The SMILES string of the molecule is CC[C@@H](C)[C@H](NC(=O)c1ccc2ccccc2c1)C(=O)N[C@@H](CCc1ccccc1)C(=O)COCc1ccccc1. The highest BCUT2D eigenvalue weighted by Gasteiger charge is 2.30. The third kappa shape index (κ3) is 8.60. The van der Waals surface area contributed by atoms with Gasteiger partial charge in [-0.05, 0) is 52.8 Å². The third-order valence-electron chi connectivity index (χ3n) is 7.42. The average Bonchev–Trinajstić information content (AvgIpc) is 3.01. The molecule has 0 saturated carbocycles. The fraction of sp³-hybridized carbons (Fsp3) is 0.286. The number of carbonyl (C=O) groups excluding carboxylic acids is 3. The highest BCUT2D eigenvalue weighted by Crippen LogP contribution is 2.17. The summed E-state index contributed by atoms with van der Waals surface area (Å²) in [6, 6.07) is 31.3. The van der Waals surface area contributed by atoms with Crippen molar-refractivity contribution >= 4 is 28.4 Å². The quantitative estimate of drug-likeness (QED) is 0.205. The second-order valence-corrected chi connectivity index (χ2v) is 10.4. The zero-order valence-corrected chi connectivity index (χ0v) is 23.7. The van der Waals surface area contributed by atoms with E-state index in [4.69, 9.17) is 4.74 Å². The van der Waals surface area contributed by atoms with Crippen LogP contribution in [-0.4, -0.2) is 36.3 Å². The van der Waals surface area contributed by atoms with E-state index in [2.05, 4.69) is 10.6 Å². The van der Waals surface area contributed by atoms with Crippen LogP contribution < -0.4 is 10.6 Å². The molecule has 0 bridgehead atoms. The third-order valence-corrected chi connectivity index (χ3v) is 7.42. The van der Waals surface area contributed by atoms with E-state index in [9.17, 15) is 14.4 Å². The molecule has 0 saturated heterocycles. The zero-order chi connectivity index (χ0) is 29.0. The van der Waals surface area contributed by atoms with Crippen LogP contribution in [-0.2, 0) is 27.4 Å². The van der Waals surface area contributed by atoms with Gasteiger partial charge < -0.3 is 15.4 Å². The van der Waals surface area contributed by atoms with Crippen LogP contribution in [0.1, 0.15) is 48.2 Å². The number of benzene rings is 4. The largest absolute Gasteiger partial charge is 0.369 e. The van der Waals surface area contributed by atoms with Crippen LogP contribution in [0.5, 0.6) is 0 Å². The number of hydrogen-bond donors (Lipinski definition) is 2. The molecule has 6 heteroatoms. The van der Waals surface area contributed by atoms with Gasteiger partial charge in [0.25, 0.3) is 5.91 Å². The molecule has 6 nitrogen and oxygen atoms in total. The number of amides is 2. The summed E-state index contributed by atoms with van der Waals surface area (Å²) < 4.78 is 5.71. The van der Waals surface area contributed by atoms with Gasteiger partial charge in [0.05, 0.1) is 12.6 Å². The van der Waals surface area contributed by atoms with Gasteiger partial charge in [0.2, 0.25) is 5.91 Å². The van der Waals surface area contributed by atoms with E-state index in [0.717, 1.165) is 21.9 Å². The molecule has 0 aliphatic heterocycles. The summed E-state index contributed by atoms with van der Waals surface area (Å²) >= 11 is 0. The van der Waals surface area contributed by atoms with Crippen molar-refractivity contribution in [1.82, 2.24) is 10.6 Å². The van der Waals surface area contributed by atoms with Gasteiger partial charge >= 0.3 is 0 Å². The number of ether oxygens (including phenoxy) is 1. The molecule has 0 aliphatic carbocycles. The highest BCUT2D eigenvalue weighted by atomic mass is 16.5. The number of ketones is 1. The number of Topliss-reactive ketones (excluding diaryl/α,β-unsaturated/α-hetero) is 1. The summed E-state index contributed by atoms with van der Waals surface area (Å²) in [6.45, 7) is 4.09. The molecule has 0 radical (unpaired) electrons. The molecule has 0 heterocycles. The molecule has 4 rings (SSSR count). The van der Waals surface area contributed by atoms with Crippen molar-refractivity contribution in [3.05, 3.63) is 120 Å². The number of aryl methyl sites for hydroxylation is 1. The predicted octanol–water partition coefficient (Wildman–Crippen LogP) is 5.89. The predicted molar refractivity (Wildman–Crippen MR) is 162 cm³/mol. The lowest BCUT2D eigenvalue weighted by molar-refractivity contribution is -0.132. The van der Waals surface area contributed by atoms with E-state index in [1.807, 2.05) is 111 Å². The van der Waals surface area contributed by atoms with Gasteiger partial charge in [-0.2, -0.15) is 0 Å². The monoisotopic (exact) mass is 550 g/mol. The van der Waals surface area contributed by atoms with Gasteiger partial charge in [0.1, 0.15) is 12.6 Å². The lowest BCUT2D eigenvalue weighted by Crippen LogP contribution is -2.54. The first-order valence-corrected chi connectivity index (χ1v) is 14.2. The number of hydrogen-bond acceptors (Lipinski definition) is 4. The Morgan fingerprint density at radius 3 is 2.07 bits per heavy atom. The molecule has 0 spiro atoms. The molecule has 212 valence electrons. The Hall–Kier alpha value is -4.29. The first-order valence-electron chi connectivity index (χ1n) is 14.2. The second kappa shape index (κ2) is 14.9. The van der Waals surface area contributed by atoms with E-state index >= 15 is 0 Å². The fourth-order valence-electron chi connectivity index (χ4n) is 4.73.